The number of benzene rings is 1. The van der Waals surface area contributed by atoms with E-state index < -0.39 is 5.97 Å². The summed E-state index contributed by atoms with van der Waals surface area (Å²) in [6.07, 6.45) is 0. The smallest absolute Gasteiger partial charge is 0.335 e. The summed E-state index contributed by atoms with van der Waals surface area (Å²) < 4.78 is 5.39. The van der Waals surface area contributed by atoms with Crippen LogP contribution >= 0.6 is 0 Å². The summed E-state index contributed by atoms with van der Waals surface area (Å²) in [6.45, 7) is 6.33. The third kappa shape index (κ3) is 2.28. The van der Waals surface area contributed by atoms with E-state index in [9.17, 15) is 9.59 Å². The topological polar surface area (TPSA) is 66.8 Å². The summed E-state index contributed by atoms with van der Waals surface area (Å²) in [5.41, 5.74) is 1.72. The zero-order valence-corrected chi connectivity index (χ0v) is 11.3. The van der Waals surface area contributed by atoms with Crippen LogP contribution in [0.2, 0.25) is 0 Å². The second kappa shape index (κ2) is 4.91. The third-order valence-electron chi connectivity index (χ3n) is 3.21. The molecule has 0 unspecified atom stereocenters. The standard InChI is InChI=1S/C14H17NO4/c1-4-15-12(16)7-19-11-6-9(14(17)18)5-10(8(2)3)13(11)15/h5-6,8H,4,7H2,1-3H3,(H,17,18). The molecule has 1 heterocycles. The zero-order chi connectivity index (χ0) is 14.2. The van der Waals surface area contributed by atoms with Gasteiger partial charge in [-0.3, -0.25) is 4.79 Å². The van der Waals surface area contributed by atoms with Crippen LogP contribution < -0.4 is 9.64 Å². The van der Waals surface area contributed by atoms with Gasteiger partial charge in [0.15, 0.2) is 6.61 Å². The van der Waals surface area contributed by atoms with Gasteiger partial charge in [0.25, 0.3) is 5.91 Å². The number of nitrogens with zero attached hydrogens (tertiary/aromatic N) is 1. The lowest BCUT2D eigenvalue weighted by molar-refractivity contribution is -0.121. The maximum atomic E-state index is 11.9. The van der Waals surface area contributed by atoms with Crippen LogP contribution in [0.15, 0.2) is 12.1 Å². The number of carbonyl (C=O) groups excluding carboxylic acids is 1. The number of hydrogen-bond acceptors (Lipinski definition) is 3. The molecule has 1 N–H and O–H groups in total. The quantitative estimate of drug-likeness (QED) is 0.908. The Balaban J connectivity index is 2.66. The molecule has 1 aliphatic rings. The predicted octanol–water partition coefficient (Wildman–Crippen LogP) is 2.25. The highest BCUT2D eigenvalue weighted by Gasteiger charge is 2.29. The van der Waals surface area contributed by atoms with E-state index in [2.05, 4.69) is 0 Å². The molecule has 5 nitrogen and oxygen atoms in total. The van der Waals surface area contributed by atoms with Gasteiger partial charge in [0.2, 0.25) is 0 Å². The first-order chi connectivity index (χ1) is 8.95. The van der Waals surface area contributed by atoms with E-state index in [-0.39, 0.29) is 24.0 Å². The minimum absolute atomic E-state index is 0.0402. The van der Waals surface area contributed by atoms with Gasteiger partial charge in [-0.25, -0.2) is 4.79 Å². The summed E-state index contributed by atoms with van der Waals surface area (Å²) >= 11 is 0. The molecular formula is C14H17NO4. The highest BCUT2D eigenvalue weighted by Crippen LogP contribution is 2.40. The van der Waals surface area contributed by atoms with Gasteiger partial charge < -0.3 is 14.7 Å². The lowest BCUT2D eigenvalue weighted by atomic mass is 9.96. The lowest BCUT2D eigenvalue weighted by Crippen LogP contribution is -2.39. The van der Waals surface area contributed by atoms with Crippen molar-refractivity contribution in [2.75, 3.05) is 18.1 Å². The summed E-state index contributed by atoms with van der Waals surface area (Å²) in [6, 6.07) is 3.11. The van der Waals surface area contributed by atoms with Crippen LogP contribution in [0.5, 0.6) is 5.75 Å². The number of anilines is 1. The first-order valence-electron chi connectivity index (χ1n) is 6.30. The van der Waals surface area contributed by atoms with E-state index >= 15 is 0 Å². The first-order valence-corrected chi connectivity index (χ1v) is 6.30. The van der Waals surface area contributed by atoms with Gasteiger partial charge in [0.05, 0.1) is 11.3 Å². The number of carboxylic acids is 1. The molecule has 0 saturated carbocycles. The van der Waals surface area contributed by atoms with Crippen molar-refractivity contribution < 1.29 is 19.4 Å². The number of carboxylic acid groups (broad SMARTS) is 1. The number of hydrogen-bond donors (Lipinski definition) is 1. The van der Waals surface area contributed by atoms with E-state index in [0.29, 0.717) is 18.0 Å². The second-order valence-electron chi connectivity index (χ2n) is 4.80. The predicted molar refractivity (Wildman–Crippen MR) is 71.0 cm³/mol. The Bertz CT molecular complexity index is 536. The molecule has 0 aliphatic carbocycles. The molecule has 2 rings (SSSR count). The SMILES string of the molecule is CCN1C(=O)COc2cc(C(=O)O)cc(C(C)C)c21. The molecular weight excluding hydrogens is 246 g/mol. The highest BCUT2D eigenvalue weighted by molar-refractivity contribution is 6.00. The number of fused-ring (bicyclic) bond motifs is 1. The van der Waals surface area contributed by atoms with E-state index in [0.717, 1.165) is 5.56 Å². The largest absolute Gasteiger partial charge is 0.482 e. The Labute approximate surface area is 111 Å². The van der Waals surface area contributed by atoms with Gasteiger partial charge in [-0.2, -0.15) is 0 Å². The monoisotopic (exact) mass is 263 g/mol. The van der Waals surface area contributed by atoms with Gasteiger partial charge in [0.1, 0.15) is 5.75 Å². The van der Waals surface area contributed by atoms with Crippen LogP contribution in [0, 0.1) is 0 Å². The molecule has 0 atom stereocenters. The Kier molecular flexibility index (Phi) is 3.46. The minimum atomic E-state index is -0.992. The fraction of sp³-hybridized carbons (Fsp3) is 0.429. The molecule has 1 aromatic carbocycles. The molecule has 0 spiro atoms. The summed E-state index contributed by atoms with van der Waals surface area (Å²) in [7, 11) is 0. The van der Waals surface area contributed by atoms with Gasteiger partial charge in [-0.05, 0) is 30.5 Å². The normalized spacial score (nSPS) is 14.3. The molecule has 0 radical (unpaired) electrons. The summed E-state index contributed by atoms with van der Waals surface area (Å²) in [5.74, 6) is -0.505. The van der Waals surface area contributed by atoms with Gasteiger partial charge >= 0.3 is 5.97 Å². The Morgan fingerprint density at radius 2 is 2.16 bits per heavy atom. The molecule has 1 aromatic rings. The molecule has 5 heteroatoms. The third-order valence-corrected chi connectivity index (χ3v) is 3.21. The molecule has 102 valence electrons. The van der Waals surface area contributed by atoms with E-state index in [1.807, 2.05) is 20.8 Å². The minimum Gasteiger partial charge on any atom is -0.482 e. The fourth-order valence-corrected chi connectivity index (χ4v) is 2.27. The van der Waals surface area contributed by atoms with Gasteiger partial charge in [-0.15, -0.1) is 0 Å². The Hall–Kier alpha value is -2.04. The first kappa shape index (κ1) is 13.4. The number of rotatable bonds is 3. The summed E-state index contributed by atoms with van der Waals surface area (Å²) in [5, 5.41) is 9.13. The number of amides is 1. The molecule has 19 heavy (non-hydrogen) atoms. The van der Waals surface area contributed by atoms with Crippen LogP contribution in [0.25, 0.3) is 0 Å². The average molecular weight is 263 g/mol. The molecule has 0 bridgehead atoms. The Morgan fingerprint density at radius 1 is 1.47 bits per heavy atom. The van der Waals surface area contributed by atoms with Crippen molar-refractivity contribution in [1.82, 2.24) is 0 Å². The van der Waals surface area contributed by atoms with Crippen LogP contribution in [0.1, 0.15) is 42.6 Å². The molecule has 1 amide bonds. The maximum absolute atomic E-state index is 11.9. The van der Waals surface area contributed by atoms with Crippen molar-refractivity contribution in [3.8, 4) is 5.75 Å². The second-order valence-corrected chi connectivity index (χ2v) is 4.80. The average Bonchev–Trinajstić information content (AvgIpc) is 2.37. The number of likely N-dealkylation sites (N-methyl/N-ethyl adjacent to an activating group) is 1. The summed E-state index contributed by atoms with van der Waals surface area (Å²) in [4.78, 5) is 24.7. The Morgan fingerprint density at radius 3 is 2.68 bits per heavy atom. The van der Waals surface area contributed by atoms with Gasteiger partial charge in [0, 0.05) is 6.54 Å². The maximum Gasteiger partial charge on any atom is 0.335 e. The fourth-order valence-electron chi connectivity index (χ4n) is 2.27. The van der Waals surface area contributed by atoms with Crippen molar-refractivity contribution in [1.29, 1.82) is 0 Å². The van der Waals surface area contributed by atoms with E-state index in [1.54, 1.807) is 11.0 Å². The van der Waals surface area contributed by atoms with E-state index in [4.69, 9.17) is 9.84 Å². The van der Waals surface area contributed by atoms with Crippen molar-refractivity contribution in [3.63, 3.8) is 0 Å². The van der Waals surface area contributed by atoms with Crippen molar-refractivity contribution in [2.45, 2.75) is 26.7 Å². The molecule has 0 saturated heterocycles. The number of carbonyl (C=O) groups is 2. The molecule has 1 aliphatic heterocycles. The van der Waals surface area contributed by atoms with Crippen LogP contribution in [0.3, 0.4) is 0 Å². The van der Waals surface area contributed by atoms with Crippen LogP contribution in [-0.4, -0.2) is 30.1 Å². The molecule has 0 fully saturated rings. The zero-order valence-electron chi connectivity index (χ0n) is 11.3. The lowest BCUT2D eigenvalue weighted by Gasteiger charge is -2.31. The van der Waals surface area contributed by atoms with Crippen molar-refractivity contribution in [2.24, 2.45) is 0 Å². The van der Waals surface area contributed by atoms with Gasteiger partial charge in [-0.1, -0.05) is 13.8 Å². The number of ether oxygens (including phenoxy) is 1. The van der Waals surface area contributed by atoms with Crippen molar-refractivity contribution >= 4 is 17.6 Å². The highest BCUT2D eigenvalue weighted by atomic mass is 16.5. The van der Waals surface area contributed by atoms with E-state index in [1.165, 1.54) is 6.07 Å². The molecule has 0 aromatic heterocycles. The number of aromatic carboxylic acids is 1. The van der Waals surface area contributed by atoms with Crippen LogP contribution in [0.4, 0.5) is 5.69 Å². The van der Waals surface area contributed by atoms with Crippen molar-refractivity contribution in [3.05, 3.63) is 23.3 Å². The van der Waals surface area contributed by atoms with Crippen LogP contribution in [-0.2, 0) is 4.79 Å².